The molecule has 9 rings (SSSR count). The second-order valence-corrected chi connectivity index (χ2v) is 11.9. The molecule has 45 heavy (non-hydrogen) atoms. The molecule has 2 aromatic heterocycles. The number of hydrogen-bond donors (Lipinski definition) is 0. The summed E-state index contributed by atoms with van der Waals surface area (Å²) in [5.41, 5.74) is 13.4. The fraction of sp³-hybridized carbons (Fsp3) is 0.0233. The second kappa shape index (κ2) is 10.1. The average Bonchev–Trinajstić information content (AvgIpc) is 3.61. The van der Waals surface area contributed by atoms with Crippen LogP contribution in [0.25, 0.3) is 77.2 Å². The van der Waals surface area contributed by atoms with E-state index in [-0.39, 0.29) is 0 Å². The van der Waals surface area contributed by atoms with Gasteiger partial charge in [0.2, 0.25) is 0 Å². The van der Waals surface area contributed by atoms with Crippen molar-refractivity contribution < 1.29 is 0 Å². The quantitative estimate of drug-likeness (QED) is 0.198. The minimum absolute atomic E-state index is 1.19. The van der Waals surface area contributed by atoms with Crippen molar-refractivity contribution in [1.29, 1.82) is 0 Å². The third kappa shape index (κ3) is 4.03. The van der Waals surface area contributed by atoms with Crippen molar-refractivity contribution in [2.75, 3.05) is 0 Å². The molecule has 0 spiro atoms. The first-order valence-electron chi connectivity index (χ1n) is 15.5. The Bertz CT molecular complexity index is 2550. The van der Waals surface area contributed by atoms with Gasteiger partial charge in [0.15, 0.2) is 0 Å². The molecule has 0 saturated heterocycles. The minimum Gasteiger partial charge on any atom is -0.309 e. The lowest BCUT2D eigenvalue weighted by Gasteiger charge is -2.14. The molecule has 0 N–H and O–H groups in total. The van der Waals surface area contributed by atoms with E-state index in [1.165, 1.54) is 82.8 Å². The highest BCUT2D eigenvalue weighted by atomic mass is 15.0. The van der Waals surface area contributed by atoms with Gasteiger partial charge in [-0.25, -0.2) is 0 Å². The fourth-order valence-corrected chi connectivity index (χ4v) is 7.14. The number of benzene rings is 7. The monoisotopic (exact) mass is 574 g/mol. The van der Waals surface area contributed by atoms with Crippen LogP contribution in [-0.2, 0) is 0 Å². The van der Waals surface area contributed by atoms with Crippen LogP contribution in [0, 0.1) is 6.92 Å². The molecular formula is C43H30N2. The lowest BCUT2D eigenvalue weighted by Crippen LogP contribution is -1.97. The number of rotatable bonds is 4. The van der Waals surface area contributed by atoms with E-state index in [4.69, 9.17) is 0 Å². The Morgan fingerprint density at radius 3 is 1.60 bits per heavy atom. The van der Waals surface area contributed by atoms with Gasteiger partial charge in [-0.05, 0) is 83.8 Å². The van der Waals surface area contributed by atoms with E-state index >= 15 is 0 Å². The average molecular weight is 575 g/mol. The molecule has 0 fully saturated rings. The number of aromatic nitrogens is 2. The Morgan fingerprint density at radius 1 is 0.356 bits per heavy atom. The third-order valence-electron chi connectivity index (χ3n) is 9.17. The molecule has 0 aliphatic heterocycles. The zero-order valence-electron chi connectivity index (χ0n) is 25.0. The van der Waals surface area contributed by atoms with Crippen molar-refractivity contribution in [1.82, 2.24) is 9.13 Å². The molecule has 212 valence electrons. The molecule has 0 radical (unpaired) electrons. The smallest absolute Gasteiger partial charge is 0.0541 e. The van der Waals surface area contributed by atoms with Gasteiger partial charge < -0.3 is 9.13 Å². The first-order chi connectivity index (χ1) is 22.2. The molecule has 9 aromatic rings. The molecule has 0 aliphatic rings. The maximum atomic E-state index is 2.43. The maximum absolute atomic E-state index is 2.43. The molecule has 7 aromatic carbocycles. The van der Waals surface area contributed by atoms with Crippen molar-refractivity contribution >= 4 is 43.6 Å². The summed E-state index contributed by atoms with van der Waals surface area (Å²) in [6.07, 6.45) is 0. The van der Waals surface area contributed by atoms with E-state index in [1.54, 1.807) is 0 Å². The topological polar surface area (TPSA) is 9.86 Å². The highest BCUT2D eigenvalue weighted by molar-refractivity contribution is 6.13. The highest BCUT2D eigenvalue weighted by Gasteiger charge is 2.17. The largest absolute Gasteiger partial charge is 0.309 e. The summed E-state index contributed by atoms with van der Waals surface area (Å²) in [6, 6.07) is 59.6. The Morgan fingerprint density at radius 2 is 0.911 bits per heavy atom. The molecule has 2 heteroatoms. The normalized spacial score (nSPS) is 11.7. The number of para-hydroxylation sites is 3. The van der Waals surface area contributed by atoms with Gasteiger partial charge in [0, 0.05) is 32.8 Å². The van der Waals surface area contributed by atoms with E-state index in [1.807, 2.05) is 0 Å². The zero-order valence-corrected chi connectivity index (χ0v) is 25.0. The van der Waals surface area contributed by atoms with Gasteiger partial charge in [-0.2, -0.15) is 0 Å². The van der Waals surface area contributed by atoms with E-state index in [0.717, 1.165) is 0 Å². The van der Waals surface area contributed by atoms with Gasteiger partial charge in [0.1, 0.15) is 0 Å². The van der Waals surface area contributed by atoms with Crippen molar-refractivity contribution in [3.8, 4) is 33.6 Å². The zero-order chi connectivity index (χ0) is 29.9. The van der Waals surface area contributed by atoms with Gasteiger partial charge in [-0.1, -0.05) is 109 Å². The van der Waals surface area contributed by atoms with Crippen LogP contribution < -0.4 is 0 Å². The van der Waals surface area contributed by atoms with Crippen LogP contribution in [0.2, 0.25) is 0 Å². The molecule has 0 atom stereocenters. The molecular weight excluding hydrogens is 544 g/mol. The van der Waals surface area contributed by atoms with Crippen LogP contribution >= 0.6 is 0 Å². The Balaban J connectivity index is 1.25. The van der Waals surface area contributed by atoms with Crippen molar-refractivity contribution in [2.45, 2.75) is 6.92 Å². The van der Waals surface area contributed by atoms with Crippen molar-refractivity contribution in [2.24, 2.45) is 0 Å². The van der Waals surface area contributed by atoms with Gasteiger partial charge in [0.25, 0.3) is 0 Å². The number of fused-ring (bicyclic) bond motifs is 6. The lowest BCUT2D eigenvalue weighted by molar-refractivity contribution is 1.17. The minimum atomic E-state index is 1.19. The van der Waals surface area contributed by atoms with Crippen LogP contribution in [0.3, 0.4) is 0 Å². The Kier molecular flexibility index (Phi) is 5.76. The molecule has 2 nitrogen and oxygen atoms in total. The van der Waals surface area contributed by atoms with E-state index in [9.17, 15) is 0 Å². The maximum Gasteiger partial charge on any atom is 0.0541 e. The van der Waals surface area contributed by atoms with E-state index in [0.29, 0.717) is 0 Å². The van der Waals surface area contributed by atoms with Gasteiger partial charge in [0.05, 0.1) is 27.8 Å². The number of hydrogen-bond acceptors (Lipinski definition) is 0. The summed E-state index contributed by atoms with van der Waals surface area (Å²) in [5.74, 6) is 0. The molecule has 0 saturated carbocycles. The van der Waals surface area contributed by atoms with E-state index in [2.05, 4.69) is 180 Å². The number of nitrogens with zero attached hydrogens (tertiary/aromatic N) is 2. The van der Waals surface area contributed by atoms with Crippen LogP contribution in [0.4, 0.5) is 0 Å². The van der Waals surface area contributed by atoms with Gasteiger partial charge in [-0.15, -0.1) is 0 Å². The highest BCUT2D eigenvalue weighted by Crippen LogP contribution is 2.39. The standard InChI is InChI=1S/C43H30N2/c1-29-12-11-15-33(26-29)44-40-20-9-6-17-35(40)37-27-31(22-24-42(37)44)32-23-25-43-38(28-32)36-18-7-10-21-41(36)45(43)39-19-8-5-16-34(39)30-13-3-2-4-14-30/h2-28H,1H3. The van der Waals surface area contributed by atoms with E-state index < -0.39 is 0 Å². The molecule has 2 heterocycles. The van der Waals surface area contributed by atoms with Crippen molar-refractivity contribution in [3.05, 3.63) is 169 Å². The number of aryl methyl sites for hydroxylation is 1. The second-order valence-electron chi connectivity index (χ2n) is 11.9. The van der Waals surface area contributed by atoms with Gasteiger partial charge in [-0.3, -0.25) is 0 Å². The first-order valence-corrected chi connectivity index (χ1v) is 15.5. The summed E-state index contributed by atoms with van der Waals surface area (Å²) in [4.78, 5) is 0. The van der Waals surface area contributed by atoms with Gasteiger partial charge >= 0.3 is 0 Å². The predicted molar refractivity (Wildman–Crippen MR) is 191 cm³/mol. The predicted octanol–water partition coefficient (Wildman–Crippen LogP) is 11.5. The summed E-state index contributed by atoms with van der Waals surface area (Å²) in [5, 5.41) is 5.05. The van der Waals surface area contributed by atoms with Crippen molar-refractivity contribution in [3.63, 3.8) is 0 Å². The third-order valence-corrected chi connectivity index (χ3v) is 9.17. The molecule has 0 unspecified atom stereocenters. The van der Waals surface area contributed by atoms with Crippen LogP contribution in [-0.4, -0.2) is 9.13 Å². The lowest BCUT2D eigenvalue weighted by atomic mass is 10.0. The Labute approximate surface area is 262 Å². The molecule has 0 amide bonds. The SMILES string of the molecule is Cc1cccc(-n2c3ccccc3c3cc(-c4ccc5c(c4)c4ccccc4n5-c4ccccc4-c4ccccc4)ccc32)c1. The molecule has 0 bridgehead atoms. The molecule has 0 aliphatic carbocycles. The van der Waals surface area contributed by atoms with Crippen LogP contribution in [0.15, 0.2) is 164 Å². The van der Waals surface area contributed by atoms with Crippen LogP contribution in [0.1, 0.15) is 5.56 Å². The summed E-state index contributed by atoms with van der Waals surface area (Å²) in [7, 11) is 0. The summed E-state index contributed by atoms with van der Waals surface area (Å²) in [6.45, 7) is 2.16. The summed E-state index contributed by atoms with van der Waals surface area (Å²) >= 11 is 0. The first kappa shape index (κ1) is 25.6. The van der Waals surface area contributed by atoms with Crippen LogP contribution in [0.5, 0.6) is 0 Å². The fourth-order valence-electron chi connectivity index (χ4n) is 7.14. The Hall–Kier alpha value is -5.86. The summed E-state index contributed by atoms with van der Waals surface area (Å²) < 4.78 is 4.82.